The van der Waals surface area contributed by atoms with Crippen LogP contribution in [0.1, 0.15) is 0 Å². The van der Waals surface area contributed by atoms with Gasteiger partial charge in [0.2, 0.25) is 0 Å². The normalized spacial score (nSPS) is 11.7. The Morgan fingerprint density at radius 3 is 1.63 bits per heavy atom. The minimum atomic E-state index is 0.899. The lowest BCUT2D eigenvalue weighted by molar-refractivity contribution is 1.08. The summed E-state index contributed by atoms with van der Waals surface area (Å²) in [6, 6.07) is 60.8. The van der Waals surface area contributed by atoms with E-state index in [1.807, 2.05) is 12.3 Å². The van der Waals surface area contributed by atoms with Gasteiger partial charge in [-0.3, -0.25) is 4.57 Å². The molecule has 0 saturated carbocycles. The van der Waals surface area contributed by atoms with Gasteiger partial charge in [0.25, 0.3) is 0 Å². The number of aromatic nitrogens is 4. The van der Waals surface area contributed by atoms with Gasteiger partial charge >= 0.3 is 0 Å². The summed E-state index contributed by atoms with van der Waals surface area (Å²) in [4.78, 5) is 8.39. The number of pyridine rings is 1. The maximum atomic E-state index is 5.09. The van der Waals surface area contributed by atoms with Gasteiger partial charge in [-0.15, -0.1) is 0 Å². The molecule has 0 atom stereocenters. The fourth-order valence-corrected chi connectivity index (χ4v) is 7.46. The number of hydrogen-bond donors (Lipinski definition) is 1. The van der Waals surface area contributed by atoms with Crippen molar-refractivity contribution in [3.05, 3.63) is 176 Å². The zero-order chi connectivity index (χ0) is 32.3. The van der Waals surface area contributed by atoms with Gasteiger partial charge in [0.1, 0.15) is 5.82 Å². The van der Waals surface area contributed by atoms with E-state index in [1.54, 1.807) is 0 Å². The number of nitrogens with zero attached hydrogens (tertiary/aromatic N) is 3. The minimum absolute atomic E-state index is 0.899. The van der Waals surface area contributed by atoms with E-state index in [0.29, 0.717) is 0 Å². The molecule has 0 fully saturated rings. The lowest BCUT2D eigenvalue weighted by Crippen LogP contribution is -1.98. The molecule has 6 aromatic carbocycles. The number of aromatic amines is 1. The second-order valence-corrected chi connectivity index (χ2v) is 12.6. The molecule has 0 aliphatic rings. The second-order valence-electron chi connectivity index (χ2n) is 12.6. The van der Waals surface area contributed by atoms with Crippen molar-refractivity contribution in [3.8, 4) is 45.1 Å². The Morgan fingerprint density at radius 1 is 0.388 bits per heavy atom. The summed E-state index contributed by atoms with van der Waals surface area (Å²) in [5, 5.41) is 4.90. The highest BCUT2D eigenvalue weighted by Gasteiger charge is 2.17. The number of hydrogen-bond acceptors (Lipinski definition) is 1. The number of fused-ring (bicyclic) bond motifs is 6. The van der Waals surface area contributed by atoms with Crippen LogP contribution >= 0.6 is 0 Å². The third-order valence-corrected chi connectivity index (χ3v) is 9.73. The third-order valence-electron chi connectivity index (χ3n) is 9.73. The summed E-state index contributed by atoms with van der Waals surface area (Å²) >= 11 is 0. The first kappa shape index (κ1) is 27.5. The predicted octanol–water partition coefficient (Wildman–Crippen LogP) is 11.6. The molecule has 0 radical (unpaired) electrons. The van der Waals surface area contributed by atoms with Gasteiger partial charge in [-0.05, 0) is 101 Å². The zero-order valence-corrected chi connectivity index (χ0v) is 26.6. The van der Waals surface area contributed by atoms with Gasteiger partial charge in [-0.25, -0.2) is 4.98 Å². The molecule has 0 aliphatic heterocycles. The number of para-hydroxylation sites is 2. The highest BCUT2D eigenvalue weighted by molar-refractivity contribution is 6.13. The van der Waals surface area contributed by atoms with Crippen molar-refractivity contribution in [1.82, 2.24) is 19.1 Å². The van der Waals surface area contributed by atoms with Gasteiger partial charge in [0, 0.05) is 33.4 Å². The molecular formula is C45H30N4. The minimum Gasteiger partial charge on any atom is -0.360 e. The summed E-state index contributed by atoms with van der Waals surface area (Å²) < 4.78 is 4.66. The van der Waals surface area contributed by atoms with Crippen molar-refractivity contribution in [2.24, 2.45) is 0 Å². The molecule has 4 heterocycles. The Morgan fingerprint density at radius 2 is 0.959 bits per heavy atom. The van der Waals surface area contributed by atoms with Gasteiger partial charge < -0.3 is 9.55 Å². The van der Waals surface area contributed by atoms with Gasteiger partial charge in [0.05, 0.1) is 33.5 Å². The smallest absolute Gasteiger partial charge is 0.138 e. The first-order valence-corrected chi connectivity index (χ1v) is 16.6. The number of nitrogens with one attached hydrogen (secondary N) is 1. The Labute approximate surface area is 283 Å². The van der Waals surface area contributed by atoms with E-state index in [4.69, 9.17) is 4.98 Å². The van der Waals surface area contributed by atoms with Crippen LogP contribution in [0.5, 0.6) is 0 Å². The largest absolute Gasteiger partial charge is 0.360 e. The molecule has 0 saturated heterocycles. The van der Waals surface area contributed by atoms with Gasteiger partial charge in [0.15, 0.2) is 0 Å². The summed E-state index contributed by atoms with van der Waals surface area (Å²) in [6.07, 6.45) is 1.94. The fourth-order valence-electron chi connectivity index (χ4n) is 7.46. The van der Waals surface area contributed by atoms with Crippen molar-refractivity contribution in [2.45, 2.75) is 0 Å². The van der Waals surface area contributed by atoms with Crippen LogP contribution in [0.4, 0.5) is 0 Å². The average molecular weight is 627 g/mol. The number of rotatable bonds is 5. The van der Waals surface area contributed by atoms with Crippen molar-refractivity contribution in [1.29, 1.82) is 0 Å². The van der Waals surface area contributed by atoms with Crippen LogP contribution in [0.25, 0.3) is 88.8 Å². The van der Waals surface area contributed by atoms with Crippen LogP contribution in [0.2, 0.25) is 0 Å². The first-order valence-electron chi connectivity index (χ1n) is 16.6. The first-order chi connectivity index (χ1) is 24.3. The highest BCUT2D eigenvalue weighted by Crippen LogP contribution is 2.39. The van der Waals surface area contributed by atoms with Gasteiger partial charge in [-0.1, -0.05) is 91.0 Å². The van der Waals surface area contributed by atoms with E-state index in [0.717, 1.165) is 33.9 Å². The molecule has 0 bridgehead atoms. The van der Waals surface area contributed by atoms with Crippen LogP contribution < -0.4 is 0 Å². The SMILES string of the molecule is c1ccc(-c2ccc3c(c2)c2cc(-c4ccc5c(c4)c4ccccc4n5-c4cccc(-c5ccc[nH]5)n4)ccc2n3-c2ccccc2)cc1. The monoisotopic (exact) mass is 626 g/mol. The number of benzene rings is 6. The van der Waals surface area contributed by atoms with E-state index >= 15 is 0 Å². The van der Waals surface area contributed by atoms with Crippen molar-refractivity contribution in [2.75, 3.05) is 0 Å². The average Bonchev–Trinajstić information content (AvgIpc) is 3.91. The molecule has 10 rings (SSSR count). The lowest BCUT2D eigenvalue weighted by atomic mass is 9.99. The summed E-state index contributed by atoms with van der Waals surface area (Å²) in [7, 11) is 0. The molecule has 10 aromatic rings. The van der Waals surface area contributed by atoms with Crippen LogP contribution in [0, 0.1) is 0 Å². The molecule has 0 unspecified atom stereocenters. The maximum absolute atomic E-state index is 5.09. The summed E-state index contributed by atoms with van der Waals surface area (Å²) in [5.41, 5.74) is 12.6. The topological polar surface area (TPSA) is 38.5 Å². The van der Waals surface area contributed by atoms with Crippen molar-refractivity contribution >= 4 is 43.6 Å². The predicted molar refractivity (Wildman–Crippen MR) is 204 cm³/mol. The van der Waals surface area contributed by atoms with Crippen LogP contribution in [-0.4, -0.2) is 19.1 Å². The van der Waals surface area contributed by atoms with Crippen LogP contribution in [-0.2, 0) is 0 Å². The molecule has 230 valence electrons. The quantitative estimate of drug-likeness (QED) is 0.203. The number of H-pyrrole nitrogens is 1. The second kappa shape index (κ2) is 11.0. The molecule has 4 aromatic heterocycles. The molecule has 0 spiro atoms. The maximum Gasteiger partial charge on any atom is 0.138 e. The molecule has 0 aliphatic carbocycles. The lowest BCUT2D eigenvalue weighted by Gasteiger charge is -2.09. The Balaban J connectivity index is 1.17. The molecule has 1 N–H and O–H groups in total. The summed E-state index contributed by atoms with van der Waals surface area (Å²) in [5.74, 6) is 0.899. The van der Waals surface area contributed by atoms with E-state index < -0.39 is 0 Å². The summed E-state index contributed by atoms with van der Waals surface area (Å²) in [6.45, 7) is 0. The van der Waals surface area contributed by atoms with E-state index in [1.165, 1.54) is 54.8 Å². The molecule has 4 nitrogen and oxygen atoms in total. The van der Waals surface area contributed by atoms with E-state index in [-0.39, 0.29) is 0 Å². The van der Waals surface area contributed by atoms with Crippen LogP contribution in [0.3, 0.4) is 0 Å². The Bertz CT molecular complexity index is 2800. The van der Waals surface area contributed by atoms with Crippen LogP contribution in [0.15, 0.2) is 176 Å². The fraction of sp³-hybridized carbons (Fsp3) is 0. The standard InChI is InChI=1S/C45H30N4/c1-3-11-30(12-4-1)31-20-23-42-37(27-31)38-29-33(21-24-43(38)48(42)34-13-5-2-6-14-34)32-22-25-44-36(28-32)35-15-7-8-18-41(35)49(44)45-19-9-16-40(47-45)39-17-10-26-46-39/h1-29,46H. The van der Waals surface area contributed by atoms with Gasteiger partial charge in [-0.2, -0.15) is 0 Å². The van der Waals surface area contributed by atoms with Crippen molar-refractivity contribution < 1.29 is 0 Å². The Hall–Kier alpha value is -6.65. The molecule has 0 amide bonds. The molecule has 49 heavy (non-hydrogen) atoms. The zero-order valence-electron chi connectivity index (χ0n) is 26.6. The highest BCUT2D eigenvalue weighted by atomic mass is 15.1. The molecule has 4 heteroatoms. The molecular weight excluding hydrogens is 597 g/mol. The van der Waals surface area contributed by atoms with E-state index in [2.05, 4.69) is 178 Å². The van der Waals surface area contributed by atoms with Crippen molar-refractivity contribution in [3.63, 3.8) is 0 Å². The third kappa shape index (κ3) is 4.42. The van der Waals surface area contributed by atoms with E-state index in [9.17, 15) is 0 Å². The Kier molecular flexibility index (Phi) is 6.15.